The number of halogens is 2. The fourth-order valence-corrected chi connectivity index (χ4v) is 1.87. The first-order chi connectivity index (χ1) is 6.14. The molecule has 0 saturated heterocycles. The maximum Gasteiger partial charge on any atom is 0.181 e. The third kappa shape index (κ3) is 2.11. The topological polar surface area (TPSA) is 39.2 Å². The lowest BCUT2D eigenvalue weighted by Gasteiger charge is -2.20. The van der Waals surface area contributed by atoms with Gasteiger partial charge in [0, 0.05) is 6.54 Å². The van der Waals surface area contributed by atoms with Crippen molar-refractivity contribution in [1.29, 1.82) is 0 Å². The van der Waals surface area contributed by atoms with Crippen LogP contribution in [0.2, 0.25) is 0 Å². The van der Waals surface area contributed by atoms with Crippen LogP contribution in [0.25, 0.3) is 0 Å². The second kappa shape index (κ2) is 4.24. The molecule has 74 valence electrons. The molecule has 0 amide bonds. The normalized spacial score (nSPS) is 15.7. The predicted octanol–water partition coefficient (Wildman–Crippen LogP) is 2.97. The van der Waals surface area contributed by atoms with E-state index >= 15 is 0 Å². The van der Waals surface area contributed by atoms with Gasteiger partial charge in [0.05, 0.1) is 10.7 Å². The fraction of sp³-hybridized carbons (Fsp3) is 0.556. The smallest absolute Gasteiger partial charge is 0.181 e. The van der Waals surface area contributed by atoms with Crippen LogP contribution in [0.15, 0.2) is 21.2 Å². The Labute approximate surface area is 85.4 Å². The van der Waals surface area contributed by atoms with Crippen LogP contribution in [0.4, 0.5) is 4.39 Å². The first-order valence-corrected chi connectivity index (χ1v) is 5.06. The molecule has 0 aromatic carbocycles. The van der Waals surface area contributed by atoms with Gasteiger partial charge >= 0.3 is 0 Å². The van der Waals surface area contributed by atoms with Crippen LogP contribution < -0.4 is 5.73 Å². The van der Waals surface area contributed by atoms with Crippen molar-refractivity contribution in [2.45, 2.75) is 25.4 Å². The van der Waals surface area contributed by atoms with Gasteiger partial charge in [0.15, 0.2) is 11.4 Å². The summed E-state index contributed by atoms with van der Waals surface area (Å²) in [5.74, 6) is 0.303. The lowest BCUT2D eigenvalue weighted by molar-refractivity contribution is 0.124. The third-order valence-electron chi connectivity index (χ3n) is 1.99. The van der Waals surface area contributed by atoms with E-state index in [1.165, 1.54) is 6.26 Å². The van der Waals surface area contributed by atoms with Gasteiger partial charge in [0.2, 0.25) is 0 Å². The van der Waals surface area contributed by atoms with E-state index in [4.69, 9.17) is 10.2 Å². The molecule has 0 spiro atoms. The molecule has 13 heavy (non-hydrogen) atoms. The Bertz CT molecular complexity index is 276. The molecular weight excluding hydrogens is 237 g/mol. The van der Waals surface area contributed by atoms with Gasteiger partial charge in [-0.1, -0.05) is 13.3 Å². The molecule has 0 aliphatic carbocycles. The summed E-state index contributed by atoms with van der Waals surface area (Å²) in [6.07, 6.45) is 2.58. The van der Waals surface area contributed by atoms with Gasteiger partial charge in [-0.3, -0.25) is 0 Å². The van der Waals surface area contributed by atoms with Crippen LogP contribution in [0.5, 0.6) is 0 Å². The molecule has 0 aliphatic heterocycles. The lowest BCUT2D eigenvalue weighted by Crippen LogP contribution is -2.30. The minimum atomic E-state index is -1.53. The molecule has 1 heterocycles. The van der Waals surface area contributed by atoms with Gasteiger partial charge in [0.25, 0.3) is 0 Å². The van der Waals surface area contributed by atoms with Crippen LogP contribution in [0.3, 0.4) is 0 Å². The molecule has 1 atom stereocenters. The van der Waals surface area contributed by atoms with Gasteiger partial charge in [-0.15, -0.1) is 0 Å². The highest BCUT2D eigenvalue weighted by Gasteiger charge is 2.34. The molecule has 1 unspecified atom stereocenters. The predicted molar refractivity (Wildman–Crippen MR) is 53.2 cm³/mol. The van der Waals surface area contributed by atoms with Crippen molar-refractivity contribution in [3.8, 4) is 0 Å². The van der Waals surface area contributed by atoms with Gasteiger partial charge in [0.1, 0.15) is 0 Å². The Morgan fingerprint density at radius 2 is 2.38 bits per heavy atom. The van der Waals surface area contributed by atoms with Gasteiger partial charge < -0.3 is 10.2 Å². The molecule has 0 aliphatic rings. The standard InChI is InChI=1S/C9H13BrFNO/c1-2-4-9(11,6-12)8-7(10)3-5-13-8/h3,5H,2,4,6,12H2,1H3. The molecule has 0 saturated carbocycles. The number of furan rings is 1. The quantitative estimate of drug-likeness (QED) is 0.892. The van der Waals surface area contributed by atoms with Crippen LogP contribution in [0, 0.1) is 0 Å². The molecule has 1 aromatic heterocycles. The minimum Gasteiger partial charge on any atom is -0.465 e. The summed E-state index contributed by atoms with van der Waals surface area (Å²) in [7, 11) is 0. The molecule has 2 nitrogen and oxygen atoms in total. The molecule has 2 N–H and O–H groups in total. The lowest BCUT2D eigenvalue weighted by atomic mass is 9.97. The molecule has 1 aromatic rings. The molecule has 4 heteroatoms. The Hall–Kier alpha value is -0.350. The highest BCUT2D eigenvalue weighted by molar-refractivity contribution is 9.10. The van der Waals surface area contributed by atoms with E-state index in [-0.39, 0.29) is 6.54 Å². The summed E-state index contributed by atoms with van der Waals surface area (Å²) >= 11 is 3.22. The van der Waals surface area contributed by atoms with Gasteiger partial charge in [-0.05, 0) is 28.4 Å². The first kappa shape index (κ1) is 10.7. The Kier molecular flexibility index (Phi) is 3.50. The van der Waals surface area contributed by atoms with E-state index in [9.17, 15) is 4.39 Å². The highest BCUT2D eigenvalue weighted by atomic mass is 79.9. The van der Waals surface area contributed by atoms with E-state index < -0.39 is 5.67 Å². The summed E-state index contributed by atoms with van der Waals surface area (Å²) in [6, 6.07) is 1.68. The van der Waals surface area contributed by atoms with Crippen molar-refractivity contribution in [2.24, 2.45) is 5.73 Å². The summed E-state index contributed by atoms with van der Waals surface area (Å²) in [5, 5.41) is 0. The molecule has 0 radical (unpaired) electrons. The van der Waals surface area contributed by atoms with Crippen molar-refractivity contribution in [2.75, 3.05) is 6.54 Å². The molecule has 0 bridgehead atoms. The maximum atomic E-state index is 14.1. The molecule has 0 fully saturated rings. The Morgan fingerprint density at radius 3 is 2.77 bits per heavy atom. The zero-order valence-corrected chi connectivity index (χ0v) is 9.10. The number of hydrogen-bond donors (Lipinski definition) is 1. The summed E-state index contributed by atoms with van der Waals surface area (Å²) < 4.78 is 19.8. The van der Waals surface area contributed by atoms with E-state index in [0.29, 0.717) is 16.7 Å². The third-order valence-corrected chi connectivity index (χ3v) is 2.62. The summed E-state index contributed by atoms with van der Waals surface area (Å²) in [5.41, 5.74) is 3.87. The van der Waals surface area contributed by atoms with Crippen LogP contribution >= 0.6 is 15.9 Å². The van der Waals surface area contributed by atoms with Crippen molar-refractivity contribution >= 4 is 15.9 Å². The van der Waals surface area contributed by atoms with E-state index in [1.54, 1.807) is 6.07 Å². The van der Waals surface area contributed by atoms with Crippen LogP contribution in [-0.2, 0) is 5.67 Å². The second-order valence-electron chi connectivity index (χ2n) is 3.02. The largest absolute Gasteiger partial charge is 0.465 e. The van der Waals surface area contributed by atoms with Crippen LogP contribution in [0.1, 0.15) is 25.5 Å². The summed E-state index contributed by atoms with van der Waals surface area (Å²) in [4.78, 5) is 0. The minimum absolute atomic E-state index is 0.0487. The fourth-order valence-electron chi connectivity index (χ4n) is 1.32. The van der Waals surface area contributed by atoms with Crippen molar-refractivity contribution in [3.05, 3.63) is 22.6 Å². The number of alkyl halides is 1. The van der Waals surface area contributed by atoms with Crippen molar-refractivity contribution in [3.63, 3.8) is 0 Å². The Balaban J connectivity index is 2.95. The van der Waals surface area contributed by atoms with E-state index in [2.05, 4.69) is 15.9 Å². The zero-order chi connectivity index (χ0) is 9.90. The van der Waals surface area contributed by atoms with Crippen LogP contribution in [-0.4, -0.2) is 6.54 Å². The van der Waals surface area contributed by atoms with Gasteiger partial charge in [-0.2, -0.15) is 0 Å². The first-order valence-electron chi connectivity index (χ1n) is 4.26. The average Bonchev–Trinajstić information content (AvgIpc) is 2.52. The Morgan fingerprint density at radius 1 is 1.69 bits per heavy atom. The monoisotopic (exact) mass is 249 g/mol. The number of nitrogens with two attached hydrogens (primary N) is 1. The summed E-state index contributed by atoms with van der Waals surface area (Å²) in [6.45, 7) is 1.87. The number of hydrogen-bond acceptors (Lipinski definition) is 2. The van der Waals surface area contributed by atoms with Gasteiger partial charge in [-0.25, -0.2) is 4.39 Å². The van der Waals surface area contributed by atoms with Crippen molar-refractivity contribution < 1.29 is 8.81 Å². The molecular formula is C9H13BrFNO. The molecule has 1 rings (SSSR count). The average molecular weight is 250 g/mol. The highest BCUT2D eigenvalue weighted by Crippen LogP contribution is 2.35. The van der Waals surface area contributed by atoms with E-state index in [0.717, 1.165) is 6.42 Å². The van der Waals surface area contributed by atoms with Crippen molar-refractivity contribution in [1.82, 2.24) is 0 Å². The van der Waals surface area contributed by atoms with E-state index in [1.807, 2.05) is 6.92 Å². The second-order valence-corrected chi connectivity index (χ2v) is 3.87. The maximum absolute atomic E-state index is 14.1. The number of rotatable bonds is 4. The zero-order valence-electron chi connectivity index (χ0n) is 7.52. The SMILES string of the molecule is CCCC(F)(CN)c1occc1Br.